The summed E-state index contributed by atoms with van der Waals surface area (Å²) < 4.78 is 15.0. The molecule has 0 bridgehead atoms. The van der Waals surface area contributed by atoms with Crippen LogP contribution in [-0.4, -0.2) is 36.5 Å². The van der Waals surface area contributed by atoms with Crippen LogP contribution in [0.1, 0.15) is 0 Å². The third-order valence-electron chi connectivity index (χ3n) is 1.61. The summed E-state index contributed by atoms with van der Waals surface area (Å²) in [6.45, 7) is 1.08. The standard InChI is InChI=1S/C6H8Cl2O3/c7-5-3(10-5)1-9-2-4-6(8)11-4/h3-6H,1-2H2. The van der Waals surface area contributed by atoms with Gasteiger partial charge in [-0.15, -0.1) is 0 Å². The minimum absolute atomic E-state index is 0.0733. The Morgan fingerprint density at radius 3 is 1.64 bits per heavy atom. The molecule has 2 fully saturated rings. The number of halogens is 2. The van der Waals surface area contributed by atoms with Gasteiger partial charge in [-0.2, -0.15) is 0 Å². The van der Waals surface area contributed by atoms with Gasteiger partial charge in [0.25, 0.3) is 0 Å². The summed E-state index contributed by atoms with van der Waals surface area (Å²) in [4.78, 5) is 0. The zero-order valence-electron chi connectivity index (χ0n) is 5.70. The summed E-state index contributed by atoms with van der Waals surface area (Å²) in [5.74, 6) is 0. The van der Waals surface area contributed by atoms with Gasteiger partial charge < -0.3 is 14.2 Å². The molecule has 0 radical (unpaired) electrons. The zero-order chi connectivity index (χ0) is 7.84. The predicted octanol–water partition coefficient (Wildman–Crippen LogP) is 0.930. The Balaban J connectivity index is 1.48. The molecule has 2 saturated heterocycles. The molecule has 64 valence electrons. The number of rotatable bonds is 4. The predicted molar refractivity (Wildman–Crippen MR) is 39.8 cm³/mol. The molecule has 0 aromatic heterocycles. The second kappa shape index (κ2) is 3.07. The third-order valence-corrected chi connectivity index (χ3v) is 2.37. The van der Waals surface area contributed by atoms with Crippen LogP contribution in [0, 0.1) is 0 Å². The topological polar surface area (TPSA) is 34.3 Å². The van der Waals surface area contributed by atoms with E-state index in [4.69, 9.17) is 37.4 Å². The second-order valence-electron chi connectivity index (χ2n) is 2.59. The smallest absolute Gasteiger partial charge is 0.160 e. The molecule has 0 aliphatic carbocycles. The minimum atomic E-state index is -0.151. The van der Waals surface area contributed by atoms with Gasteiger partial charge in [0.2, 0.25) is 0 Å². The lowest BCUT2D eigenvalue weighted by Gasteiger charge is -1.95. The highest BCUT2D eigenvalue weighted by atomic mass is 35.5. The highest BCUT2D eigenvalue weighted by molar-refractivity contribution is 6.21. The minimum Gasteiger partial charge on any atom is -0.376 e. The fourth-order valence-electron chi connectivity index (χ4n) is 0.773. The number of alkyl halides is 2. The van der Waals surface area contributed by atoms with Crippen molar-refractivity contribution < 1.29 is 14.2 Å². The highest BCUT2D eigenvalue weighted by Crippen LogP contribution is 2.28. The van der Waals surface area contributed by atoms with Gasteiger partial charge in [-0.25, -0.2) is 0 Å². The maximum atomic E-state index is 5.55. The highest BCUT2D eigenvalue weighted by Gasteiger charge is 2.40. The van der Waals surface area contributed by atoms with Crippen molar-refractivity contribution in [2.45, 2.75) is 23.3 Å². The molecule has 0 amide bonds. The van der Waals surface area contributed by atoms with Gasteiger partial charge in [-0.3, -0.25) is 0 Å². The van der Waals surface area contributed by atoms with Crippen LogP contribution in [0.5, 0.6) is 0 Å². The SMILES string of the molecule is ClC1OC1COCC1OC1Cl. The van der Waals surface area contributed by atoms with Crippen LogP contribution in [0.2, 0.25) is 0 Å². The van der Waals surface area contributed by atoms with E-state index in [-0.39, 0.29) is 23.3 Å². The molecule has 0 N–H and O–H groups in total. The van der Waals surface area contributed by atoms with Crippen LogP contribution in [0.25, 0.3) is 0 Å². The Labute approximate surface area is 74.5 Å². The molecule has 2 rings (SSSR count). The Kier molecular flexibility index (Phi) is 2.25. The normalized spacial score (nSPS) is 47.5. The summed E-state index contributed by atoms with van der Waals surface area (Å²) in [5, 5.41) is 0. The zero-order valence-corrected chi connectivity index (χ0v) is 7.22. The summed E-state index contributed by atoms with van der Waals surface area (Å²) in [6, 6.07) is 0. The van der Waals surface area contributed by atoms with Crippen molar-refractivity contribution in [2.24, 2.45) is 0 Å². The van der Waals surface area contributed by atoms with Gasteiger partial charge in [-0.05, 0) is 0 Å². The van der Waals surface area contributed by atoms with Gasteiger partial charge in [0, 0.05) is 0 Å². The van der Waals surface area contributed by atoms with E-state index in [0.29, 0.717) is 13.2 Å². The van der Waals surface area contributed by atoms with Crippen molar-refractivity contribution >= 4 is 23.2 Å². The van der Waals surface area contributed by atoms with Crippen molar-refractivity contribution in [3.05, 3.63) is 0 Å². The molecule has 2 aliphatic heterocycles. The first kappa shape index (κ1) is 8.08. The third kappa shape index (κ3) is 2.20. The number of ether oxygens (including phenoxy) is 3. The fraction of sp³-hybridized carbons (Fsp3) is 1.00. The van der Waals surface area contributed by atoms with E-state index < -0.39 is 0 Å². The van der Waals surface area contributed by atoms with Crippen LogP contribution in [-0.2, 0) is 14.2 Å². The van der Waals surface area contributed by atoms with Gasteiger partial charge in [0.05, 0.1) is 13.2 Å². The van der Waals surface area contributed by atoms with E-state index in [1.165, 1.54) is 0 Å². The number of hydrogen-bond donors (Lipinski definition) is 0. The molecule has 3 nitrogen and oxygen atoms in total. The molecule has 11 heavy (non-hydrogen) atoms. The van der Waals surface area contributed by atoms with E-state index in [9.17, 15) is 0 Å². The molecular formula is C6H8Cl2O3. The molecule has 4 unspecified atom stereocenters. The monoisotopic (exact) mass is 198 g/mol. The quantitative estimate of drug-likeness (QED) is 0.498. The van der Waals surface area contributed by atoms with Crippen LogP contribution in [0.4, 0.5) is 0 Å². The fourth-order valence-corrected chi connectivity index (χ4v) is 1.18. The van der Waals surface area contributed by atoms with Crippen LogP contribution in [0.15, 0.2) is 0 Å². The average Bonchev–Trinajstić information content (AvgIpc) is 2.79. The number of hydrogen-bond acceptors (Lipinski definition) is 3. The van der Waals surface area contributed by atoms with Gasteiger partial charge in [0.1, 0.15) is 12.2 Å². The van der Waals surface area contributed by atoms with Crippen molar-refractivity contribution in [3.8, 4) is 0 Å². The van der Waals surface area contributed by atoms with Crippen LogP contribution >= 0.6 is 23.2 Å². The lowest BCUT2D eigenvalue weighted by molar-refractivity contribution is 0.102. The van der Waals surface area contributed by atoms with E-state index in [1.54, 1.807) is 0 Å². The van der Waals surface area contributed by atoms with Crippen molar-refractivity contribution in [1.82, 2.24) is 0 Å². The Morgan fingerprint density at radius 1 is 1.00 bits per heavy atom. The molecule has 0 saturated carbocycles. The molecule has 4 atom stereocenters. The first-order valence-corrected chi connectivity index (χ1v) is 4.31. The molecule has 5 heteroatoms. The molecular weight excluding hydrogens is 191 g/mol. The first-order chi connectivity index (χ1) is 5.27. The van der Waals surface area contributed by atoms with E-state index in [0.717, 1.165) is 0 Å². The molecule has 0 aromatic rings. The first-order valence-electron chi connectivity index (χ1n) is 3.44. The van der Waals surface area contributed by atoms with Gasteiger partial charge >= 0.3 is 0 Å². The van der Waals surface area contributed by atoms with E-state index >= 15 is 0 Å². The van der Waals surface area contributed by atoms with Gasteiger partial charge in [-0.1, -0.05) is 23.2 Å². The molecule has 0 aromatic carbocycles. The Morgan fingerprint density at radius 2 is 1.36 bits per heavy atom. The Bertz CT molecular complexity index is 139. The molecule has 2 aliphatic rings. The lowest BCUT2D eigenvalue weighted by atomic mass is 10.5. The van der Waals surface area contributed by atoms with Gasteiger partial charge in [0.15, 0.2) is 11.1 Å². The molecule has 2 heterocycles. The summed E-state index contributed by atoms with van der Waals surface area (Å²) >= 11 is 11.1. The molecule has 0 spiro atoms. The van der Waals surface area contributed by atoms with Crippen molar-refractivity contribution in [3.63, 3.8) is 0 Å². The summed E-state index contributed by atoms with van der Waals surface area (Å²) in [5.41, 5.74) is -0.302. The van der Waals surface area contributed by atoms with E-state index in [2.05, 4.69) is 0 Å². The van der Waals surface area contributed by atoms with Crippen LogP contribution in [0.3, 0.4) is 0 Å². The van der Waals surface area contributed by atoms with E-state index in [1.807, 2.05) is 0 Å². The summed E-state index contributed by atoms with van der Waals surface area (Å²) in [6.07, 6.45) is 0.147. The number of epoxide rings is 2. The maximum Gasteiger partial charge on any atom is 0.160 e. The second-order valence-corrected chi connectivity index (χ2v) is 3.45. The van der Waals surface area contributed by atoms with Crippen molar-refractivity contribution in [1.29, 1.82) is 0 Å². The van der Waals surface area contributed by atoms with Crippen LogP contribution < -0.4 is 0 Å². The largest absolute Gasteiger partial charge is 0.376 e. The lowest BCUT2D eigenvalue weighted by Crippen LogP contribution is -2.08. The van der Waals surface area contributed by atoms with Crippen molar-refractivity contribution in [2.75, 3.05) is 13.2 Å². The summed E-state index contributed by atoms with van der Waals surface area (Å²) in [7, 11) is 0. The average molecular weight is 199 g/mol. The maximum absolute atomic E-state index is 5.55. The Hall–Kier alpha value is 0.460.